The molecule has 0 saturated carbocycles. The topological polar surface area (TPSA) is 57.7 Å². The van der Waals surface area contributed by atoms with E-state index >= 15 is 0 Å². The largest absolute Gasteiger partial charge is 0.326 e. The predicted octanol–water partition coefficient (Wildman–Crippen LogP) is 1.29. The zero-order chi connectivity index (χ0) is 14.0. The average molecular weight is 264 g/mol. The monoisotopic (exact) mass is 264 g/mol. The molecule has 1 aromatic rings. The Kier molecular flexibility index (Phi) is 3.59. The van der Waals surface area contributed by atoms with Crippen LogP contribution in [0.2, 0.25) is 0 Å². The number of Topliss-reactive ketones (excluding diaryl/α,β-unsaturated/α-hetero) is 1. The van der Waals surface area contributed by atoms with E-state index in [1.54, 1.807) is 0 Å². The number of ketones is 1. The summed E-state index contributed by atoms with van der Waals surface area (Å²) in [6, 6.07) is 4.78. The van der Waals surface area contributed by atoms with Gasteiger partial charge in [0, 0.05) is 25.6 Å². The van der Waals surface area contributed by atoms with E-state index in [-0.39, 0.29) is 31.2 Å². The number of halogens is 1. The molecule has 6 heteroatoms. The zero-order valence-electron chi connectivity index (χ0n) is 10.4. The molecule has 1 heterocycles. The first kappa shape index (κ1) is 13.2. The molecule has 1 aliphatic rings. The van der Waals surface area contributed by atoms with Gasteiger partial charge in [-0.2, -0.15) is 0 Å². The van der Waals surface area contributed by atoms with E-state index in [2.05, 4.69) is 0 Å². The van der Waals surface area contributed by atoms with Crippen LogP contribution in [0, 0.1) is 5.82 Å². The highest BCUT2D eigenvalue weighted by Gasteiger charge is 2.33. The van der Waals surface area contributed by atoms with Gasteiger partial charge in [0.15, 0.2) is 5.78 Å². The third-order valence-corrected chi connectivity index (χ3v) is 2.96. The van der Waals surface area contributed by atoms with E-state index in [0.29, 0.717) is 5.56 Å². The number of benzene rings is 1. The van der Waals surface area contributed by atoms with Gasteiger partial charge in [0.25, 0.3) is 0 Å². The number of imide groups is 1. The number of urea groups is 1. The van der Waals surface area contributed by atoms with Gasteiger partial charge in [-0.3, -0.25) is 14.5 Å². The third kappa shape index (κ3) is 2.78. The van der Waals surface area contributed by atoms with Crippen molar-refractivity contribution >= 4 is 17.7 Å². The fourth-order valence-corrected chi connectivity index (χ4v) is 1.88. The van der Waals surface area contributed by atoms with Gasteiger partial charge in [-0.05, 0) is 24.3 Å². The van der Waals surface area contributed by atoms with Gasteiger partial charge in [-0.15, -0.1) is 0 Å². The number of rotatable bonds is 4. The number of likely N-dealkylation sites (N-methyl/N-ethyl adjacent to an activating group) is 1. The summed E-state index contributed by atoms with van der Waals surface area (Å²) in [7, 11) is 1.53. The molecule has 19 heavy (non-hydrogen) atoms. The summed E-state index contributed by atoms with van der Waals surface area (Å²) < 4.78 is 12.7. The lowest BCUT2D eigenvalue weighted by Gasteiger charge is -2.13. The fraction of sp³-hybridized carbons (Fsp3) is 0.308. The van der Waals surface area contributed by atoms with Crippen molar-refractivity contribution in [1.29, 1.82) is 0 Å². The van der Waals surface area contributed by atoms with Crippen LogP contribution in [0.5, 0.6) is 0 Å². The predicted molar refractivity (Wildman–Crippen MR) is 65.1 cm³/mol. The highest BCUT2D eigenvalue weighted by molar-refractivity contribution is 6.03. The van der Waals surface area contributed by atoms with E-state index in [0.717, 1.165) is 4.90 Å². The maximum absolute atomic E-state index is 12.7. The average Bonchev–Trinajstić information content (AvgIpc) is 2.62. The van der Waals surface area contributed by atoms with E-state index in [1.807, 2.05) is 0 Å². The van der Waals surface area contributed by atoms with Crippen LogP contribution in [-0.2, 0) is 4.79 Å². The lowest BCUT2D eigenvalue weighted by Crippen LogP contribution is -2.33. The summed E-state index contributed by atoms with van der Waals surface area (Å²) in [4.78, 5) is 37.2. The minimum atomic E-state index is -0.414. The molecular formula is C13H13FN2O3. The fourth-order valence-electron chi connectivity index (χ4n) is 1.88. The minimum Gasteiger partial charge on any atom is -0.318 e. The van der Waals surface area contributed by atoms with Crippen LogP contribution < -0.4 is 0 Å². The van der Waals surface area contributed by atoms with Crippen molar-refractivity contribution in [3.63, 3.8) is 0 Å². The highest BCUT2D eigenvalue weighted by atomic mass is 19.1. The summed E-state index contributed by atoms with van der Waals surface area (Å²) in [6.45, 7) is 0.0990. The Morgan fingerprint density at radius 2 is 1.89 bits per heavy atom. The number of hydrogen-bond donors (Lipinski definition) is 0. The summed E-state index contributed by atoms with van der Waals surface area (Å²) in [5.74, 6) is -0.947. The molecule has 0 bridgehead atoms. The maximum atomic E-state index is 12.7. The van der Waals surface area contributed by atoms with Crippen molar-refractivity contribution in [2.24, 2.45) is 0 Å². The Labute approximate surface area is 109 Å². The third-order valence-electron chi connectivity index (χ3n) is 2.96. The molecule has 1 saturated heterocycles. The highest BCUT2D eigenvalue weighted by Crippen LogP contribution is 2.11. The number of carbonyl (C=O) groups is 3. The van der Waals surface area contributed by atoms with Crippen molar-refractivity contribution in [3.8, 4) is 0 Å². The first-order chi connectivity index (χ1) is 8.99. The number of carbonyl (C=O) groups excluding carboxylic acids is 3. The lowest BCUT2D eigenvalue weighted by atomic mass is 10.1. The Morgan fingerprint density at radius 1 is 1.26 bits per heavy atom. The van der Waals surface area contributed by atoms with Crippen LogP contribution in [0.15, 0.2) is 24.3 Å². The van der Waals surface area contributed by atoms with Crippen LogP contribution in [0.3, 0.4) is 0 Å². The van der Waals surface area contributed by atoms with Crippen molar-refractivity contribution in [2.75, 3.05) is 20.1 Å². The van der Waals surface area contributed by atoms with Gasteiger partial charge in [0.2, 0.25) is 5.91 Å². The molecule has 0 atom stereocenters. The molecule has 3 amide bonds. The van der Waals surface area contributed by atoms with Gasteiger partial charge >= 0.3 is 6.03 Å². The van der Waals surface area contributed by atoms with Crippen molar-refractivity contribution in [3.05, 3.63) is 35.6 Å². The number of hydrogen-bond acceptors (Lipinski definition) is 3. The first-order valence-corrected chi connectivity index (χ1v) is 5.83. The molecule has 1 aliphatic heterocycles. The van der Waals surface area contributed by atoms with Crippen LogP contribution in [-0.4, -0.2) is 47.7 Å². The first-order valence-electron chi connectivity index (χ1n) is 5.83. The summed E-state index contributed by atoms with van der Waals surface area (Å²) in [6.07, 6.45) is 0.0386. The SMILES string of the molecule is CN1CC(=O)N(CCC(=O)c2ccc(F)cc2)C1=O. The molecule has 0 radical (unpaired) electrons. The second-order valence-corrected chi connectivity index (χ2v) is 4.36. The van der Waals surface area contributed by atoms with Gasteiger partial charge in [0.05, 0.1) is 0 Å². The molecule has 0 unspecified atom stereocenters. The number of amides is 3. The van der Waals surface area contributed by atoms with Crippen molar-refractivity contribution < 1.29 is 18.8 Å². The Balaban J connectivity index is 1.96. The summed E-state index contributed by atoms with van der Waals surface area (Å²) in [5.41, 5.74) is 0.369. The second kappa shape index (κ2) is 5.17. The van der Waals surface area contributed by atoms with Gasteiger partial charge in [-0.25, -0.2) is 9.18 Å². The normalized spacial score (nSPS) is 15.3. The minimum absolute atomic E-state index is 0.0386. The van der Waals surface area contributed by atoms with Gasteiger partial charge < -0.3 is 4.90 Å². The smallest absolute Gasteiger partial charge is 0.318 e. The molecule has 0 spiro atoms. The summed E-state index contributed by atoms with van der Waals surface area (Å²) >= 11 is 0. The van der Waals surface area contributed by atoms with Gasteiger partial charge in [0.1, 0.15) is 12.4 Å². The summed E-state index contributed by atoms with van der Waals surface area (Å²) in [5, 5.41) is 0. The van der Waals surface area contributed by atoms with Crippen molar-refractivity contribution in [2.45, 2.75) is 6.42 Å². The Morgan fingerprint density at radius 3 is 2.42 bits per heavy atom. The standard InChI is InChI=1S/C13H13FN2O3/c1-15-8-12(18)16(13(15)19)7-6-11(17)9-2-4-10(14)5-3-9/h2-5H,6-8H2,1H3. The molecule has 5 nitrogen and oxygen atoms in total. The molecule has 0 aliphatic carbocycles. The quantitative estimate of drug-likeness (QED) is 0.608. The lowest BCUT2D eigenvalue weighted by molar-refractivity contribution is -0.125. The molecule has 2 rings (SSSR count). The van der Waals surface area contributed by atoms with Crippen LogP contribution in [0.1, 0.15) is 16.8 Å². The van der Waals surface area contributed by atoms with E-state index < -0.39 is 11.8 Å². The van der Waals surface area contributed by atoms with Crippen LogP contribution >= 0.6 is 0 Å². The van der Waals surface area contributed by atoms with Gasteiger partial charge in [-0.1, -0.05) is 0 Å². The molecule has 100 valence electrons. The Hall–Kier alpha value is -2.24. The maximum Gasteiger partial charge on any atom is 0.326 e. The molecular weight excluding hydrogens is 251 g/mol. The molecule has 0 aromatic heterocycles. The van der Waals surface area contributed by atoms with E-state index in [1.165, 1.54) is 36.2 Å². The Bertz CT molecular complexity index is 527. The van der Waals surface area contributed by atoms with Crippen molar-refractivity contribution in [1.82, 2.24) is 9.80 Å². The molecule has 1 fully saturated rings. The van der Waals surface area contributed by atoms with E-state index in [9.17, 15) is 18.8 Å². The molecule has 1 aromatic carbocycles. The van der Waals surface area contributed by atoms with Crippen LogP contribution in [0.25, 0.3) is 0 Å². The van der Waals surface area contributed by atoms with Crippen LogP contribution in [0.4, 0.5) is 9.18 Å². The second-order valence-electron chi connectivity index (χ2n) is 4.36. The number of nitrogens with zero attached hydrogens (tertiary/aromatic N) is 2. The molecule has 0 N–H and O–H groups in total. The van der Waals surface area contributed by atoms with E-state index in [4.69, 9.17) is 0 Å². The zero-order valence-corrected chi connectivity index (χ0v) is 10.4.